The quantitative estimate of drug-likeness (QED) is 0.866. The number of benzene rings is 1. The number of hydrogen-bond acceptors (Lipinski definition) is 4. The van der Waals surface area contributed by atoms with Gasteiger partial charge in [-0.1, -0.05) is 31.2 Å². The van der Waals surface area contributed by atoms with Crippen LogP contribution < -0.4 is 11.1 Å². The molecule has 2 aromatic rings. The van der Waals surface area contributed by atoms with Crippen LogP contribution >= 0.6 is 0 Å². The Labute approximate surface area is 118 Å². The molecule has 0 aliphatic heterocycles. The van der Waals surface area contributed by atoms with E-state index in [1.165, 1.54) is 0 Å². The van der Waals surface area contributed by atoms with E-state index >= 15 is 0 Å². The molecule has 2 rings (SSSR count). The van der Waals surface area contributed by atoms with Crippen molar-refractivity contribution in [3.05, 3.63) is 36.7 Å². The maximum absolute atomic E-state index is 12.1. The minimum absolute atomic E-state index is 0.189. The van der Waals surface area contributed by atoms with Gasteiger partial charge in [-0.2, -0.15) is 0 Å². The smallest absolute Gasteiger partial charge is 0.241 e. The first kappa shape index (κ1) is 14.2. The monoisotopic (exact) mass is 273 g/mol. The van der Waals surface area contributed by atoms with Crippen LogP contribution in [0.25, 0.3) is 5.69 Å². The van der Waals surface area contributed by atoms with Crippen LogP contribution in [0.5, 0.6) is 0 Å². The molecule has 0 unspecified atom stereocenters. The molecular weight excluding hydrogens is 254 g/mol. The summed E-state index contributed by atoms with van der Waals surface area (Å²) in [5, 5.41) is 10.6. The van der Waals surface area contributed by atoms with Crippen molar-refractivity contribution < 1.29 is 4.79 Å². The second-order valence-electron chi connectivity index (χ2n) is 5.09. The molecule has 6 heteroatoms. The van der Waals surface area contributed by atoms with Gasteiger partial charge in [-0.15, -0.1) is 5.10 Å². The van der Waals surface area contributed by atoms with Gasteiger partial charge in [0.2, 0.25) is 5.91 Å². The molecule has 1 atom stereocenters. The first-order chi connectivity index (χ1) is 9.58. The number of rotatable bonds is 5. The molecule has 0 radical (unpaired) electrons. The van der Waals surface area contributed by atoms with Gasteiger partial charge >= 0.3 is 0 Å². The van der Waals surface area contributed by atoms with Crippen molar-refractivity contribution in [3.63, 3.8) is 0 Å². The third-order valence-electron chi connectivity index (χ3n) is 2.89. The molecule has 6 nitrogen and oxygen atoms in total. The third-order valence-corrected chi connectivity index (χ3v) is 2.89. The zero-order valence-electron chi connectivity index (χ0n) is 11.7. The zero-order valence-corrected chi connectivity index (χ0v) is 11.7. The van der Waals surface area contributed by atoms with Crippen LogP contribution in [0.2, 0.25) is 0 Å². The number of carbonyl (C=O) groups excluding carboxylic acids is 1. The highest BCUT2D eigenvalue weighted by atomic mass is 16.2. The molecule has 0 fully saturated rings. The Balaban J connectivity index is 2.16. The Bertz CT molecular complexity index is 565. The molecule has 0 aliphatic carbocycles. The molecule has 20 heavy (non-hydrogen) atoms. The normalized spacial score (nSPS) is 12.4. The average Bonchev–Trinajstić information content (AvgIpc) is 2.92. The number of nitrogens with one attached hydrogen (secondary N) is 1. The van der Waals surface area contributed by atoms with E-state index in [4.69, 9.17) is 5.73 Å². The van der Waals surface area contributed by atoms with Crippen molar-refractivity contribution >= 4 is 11.6 Å². The van der Waals surface area contributed by atoms with Crippen molar-refractivity contribution in [2.45, 2.75) is 26.3 Å². The standard InChI is InChI=1S/C14H19N5O/c1-10(2)9-11(15)14(20)17-12-5-3-4-6-13(12)19-8-7-16-18-19/h3-8,10-11H,9,15H2,1-2H3,(H,17,20)/t11-/m1/s1. The number of aromatic nitrogens is 3. The predicted octanol–water partition coefficient (Wildman–Crippen LogP) is 1.58. The van der Waals surface area contributed by atoms with E-state index in [9.17, 15) is 4.79 Å². The number of carbonyl (C=O) groups is 1. The van der Waals surface area contributed by atoms with Gasteiger partial charge in [-0.3, -0.25) is 4.79 Å². The highest BCUT2D eigenvalue weighted by Gasteiger charge is 2.16. The van der Waals surface area contributed by atoms with Gasteiger partial charge in [0.25, 0.3) is 0 Å². The van der Waals surface area contributed by atoms with Crippen LogP contribution in [-0.2, 0) is 4.79 Å². The number of amides is 1. The van der Waals surface area contributed by atoms with Crippen LogP contribution in [-0.4, -0.2) is 26.9 Å². The van der Waals surface area contributed by atoms with Gasteiger partial charge in [0.1, 0.15) is 0 Å². The fourth-order valence-corrected chi connectivity index (χ4v) is 1.96. The molecule has 106 valence electrons. The highest BCUT2D eigenvalue weighted by molar-refractivity contribution is 5.96. The zero-order chi connectivity index (χ0) is 14.5. The molecule has 1 heterocycles. The molecule has 1 aromatic heterocycles. The summed E-state index contributed by atoms with van der Waals surface area (Å²) in [6.45, 7) is 4.08. The van der Waals surface area contributed by atoms with E-state index in [1.54, 1.807) is 17.1 Å². The second-order valence-corrected chi connectivity index (χ2v) is 5.09. The predicted molar refractivity (Wildman–Crippen MR) is 77.4 cm³/mol. The van der Waals surface area contributed by atoms with Gasteiger partial charge in [0.05, 0.1) is 29.8 Å². The SMILES string of the molecule is CC(C)C[C@@H](N)C(=O)Nc1ccccc1-n1ccnn1. The Kier molecular flexibility index (Phi) is 4.47. The number of para-hydroxylation sites is 2. The third kappa shape index (κ3) is 3.42. The fourth-order valence-electron chi connectivity index (χ4n) is 1.96. The summed E-state index contributed by atoms with van der Waals surface area (Å²) in [6.07, 6.45) is 3.96. The summed E-state index contributed by atoms with van der Waals surface area (Å²) < 4.78 is 1.60. The topological polar surface area (TPSA) is 85.8 Å². The minimum Gasteiger partial charge on any atom is -0.323 e. The summed E-state index contributed by atoms with van der Waals surface area (Å²) in [5.41, 5.74) is 7.32. The molecule has 0 aliphatic rings. The molecule has 1 aromatic carbocycles. The van der Waals surface area contributed by atoms with E-state index in [-0.39, 0.29) is 5.91 Å². The first-order valence-corrected chi connectivity index (χ1v) is 6.60. The molecule has 1 amide bonds. The fraction of sp³-hybridized carbons (Fsp3) is 0.357. The van der Waals surface area contributed by atoms with Crippen molar-refractivity contribution in [1.29, 1.82) is 0 Å². The van der Waals surface area contributed by atoms with Crippen molar-refractivity contribution in [3.8, 4) is 5.69 Å². The van der Waals surface area contributed by atoms with Crippen LogP contribution in [0, 0.1) is 5.92 Å². The van der Waals surface area contributed by atoms with Gasteiger partial charge in [0, 0.05) is 0 Å². The van der Waals surface area contributed by atoms with Gasteiger partial charge in [0.15, 0.2) is 0 Å². The molecule has 3 N–H and O–H groups in total. The first-order valence-electron chi connectivity index (χ1n) is 6.60. The van der Waals surface area contributed by atoms with Crippen molar-refractivity contribution in [1.82, 2.24) is 15.0 Å². The Morgan fingerprint density at radius 2 is 2.15 bits per heavy atom. The summed E-state index contributed by atoms with van der Waals surface area (Å²) in [7, 11) is 0. The van der Waals surface area contributed by atoms with Gasteiger partial charge in [-0.05, 0) is 24.5 Å². The lowest BCUT2D eigenvalue weighted by molar-refractivity contribution is -0.117. The van der Waals surface area contributed by atoms with Crippen molar-refractivity contribution in [2.75, 3.05) is 5.32 Å². The summed E-state index contributed by atoms with van der Waals surface area (Å²) in [6, 6.07) is 6.89. The van der Waals surface area contributed by atoms with Crippen LogP contribution in [0.4, 0.5) is 5.69 Å². The highest BCUT2D eigenvalue weighted by Crippen LogP contribution is 2.19. The molecule has 0 spiro atoms. The maximum atomic E-state index is 12.1. The Morgan fingerprint density at radius 1 is 1.40 bits per heavy atom. The number of nitrogens with two attached hydrogens (primary N) is 1. The summed E-state index contributed by atoms with van der Waals surface area (Å²) in [5.74, 6) is 0.188. The summed E-state index contributed by atoms with van der Waals surface area (Å²) in [4.78, 5) is 12.1. The Hall–Kier alpha value is -2.21. The lowest BCUT2D eigenvalue weighted by Gasteiger charge is -2.16. The van der Waals surface area contributed by atoms with E-state index in [0.29, 0.717) is 18.0 Å². The van der Waals surface area contributed by atoms with Crippen LogP contribution in [0.15, 0.2) is 36.7 Å². The molecule has 0 saturated heterocycles. The Morgan fingerprint density at radius 3 is 2.80 bits per heavy atom. The second kappa shape index (κ2) is 6.29. The molecule has 0 saturated carbocycles. The average molecular weight is 273 g/mol. The minimum atomic E-state index is -0.515. The van der Waals surface area contributed by atoms with E-state index in [1.807, 2.05) is 38.1 Å². The van der Waals surface area contributed by atoms with E-state index < -0.39 is 6.04 Å². The van der Waals surface area contributed by atoms with Crippen molar-refractivity contribution in [2.24, 2.45) is 11.7 Å². The summed E-state index contributed by atoms with van der Waals surface area (Å²) >= 11 is 0. The van der Waals surface area contributed by atoms with Gasteiger partial charge in [-0.25, -0.2) is 4.68 Å². The van der Waals surface area contributed by atoms with E-state index in [0.717, 1.165) is 5.69 Å². The number of hydrogen-bond donors (Lipinski definition) is 2. The number of anilines is 1. The van der Waals surface area contributed by atoms with Crippen LogP contribution in [0.1, 0.15) is 20.3 Å². The molecular formula is C14H19N5O. The van der Waals surface area contributed by atoms with Gasteiger partial charge < -0.3 is 11.1 Å². The lowest BCUT2D eigenvalue weighted by Crippen LogP contribution is -2.36. The number of nitrogens with zero attached hydrogens (tertiary/aromatic N) is 3. The van der Waals surface area contributed by atoms with E-state index in [2.05, 4.69) is 15.6 Å². The lowest BCUT2D eigenvalue weighted by atomic mass is 10.0. The van der Waals surface area contributed by atoms with Crippen LogP contribution in [0.3, 0.4) is 0 Å². The maximum Gasteiger partial charge on any atom is 0.241 e. The largest absolute Gasteiger partial charge is 0.323 e. The molecule has 0 bridgehead atoms.